The number of aryl methyl sites for hydroxylation is 3. The molecule has 0 aliphatic heterocycles. The molecule has 2 aromatic rings. The summed E-state index contributed by atoms with van der Waals surface area (Å²) in [6, 6.07) is 8.48. The van der Waals surface area contributed by atoms with Crippen LogP contribution >= 0.6 is 0 Å². The van der Waals surface area contributed by atoms with Gasteiger partial charge in [0.25, 0.3) is 0 Å². The minimum Gasteiger partial charge on any atom is -0.251 e. The predicted molar refractivity (Wildman–Crippen MR) is 65.3 cm³/mol. The van der Waals surface area contributed by atoms with E-state index in [-0.39, 0.29) is 0 Å². The first kappa shape index (κ1) is 10.6. The number of aromatic nitrogens is 1. The Balaban J connectivity index is 2.76. The van der Waals surface area contributed by atoms with Crippen molar-refractivity contribution in [3.63, 3.8) is 0 Å². The van der Waals surface area contributed by atoms with Gasteiger partial charge in [0.2, 0.25) is 0 Å². The second-order valence-electron chi connectivity index (χ2n) is 4.17. The van der Waals surface area contributed by atoms with Crippen molar-refractivity contribution in [2.75, 3.05) is 0 Å². The molecule has 0 unspecified atom stereocenters. The molecular formula is C14H14N2. The molecule has 0 fully saturated rings. The van der Waals surface area contributed by atoms with Gasteiger partial charge in [-0.1, -0.05) is 12.1 Å². The lowest BCUT2D eigenvalue weighted by Gasteiger charge is -2.08. The smallest absolute Gasteiger partial charge is 0.0777 e. The van der Waals surface area contributed by atoms with Crippen molar-refractivity contribution in [3.8, 4) is 6.07 Å². The number of hydrogen-bond acceptors (Lipinski definition) is 2. The van der Waals surface area contributed by atoms with Gasteiger partial charge in [0.15, 0.2) is 0 Å². The topological polar surface area (TPSA) is 36.7 Å². The molecule has 0 bridgehead atoms. The SMILES string of the molecule is Cc1cc2ccc(C)c(C)c2nc1CC#N. The number of nitrogens with zero attached hydrogens (tertiary/aromatic N) is 2. The Hall–Kier alpha value is -1.88. The quantitative estimate of drug-likeness (QED) is 0.724. The van der Waals surface area contributed by atoms with Gasteiger partial charge < -0.3 is 0 Å². The largest absolute Gasteiger partial charge is 0.251 e. The molecule has 0 saturated heterocycles. The van der Waals surface area contributed by atoms with Gasteiger partial charge in [-0.25, -0.2) is 0 Å². The first-order valence-corrected chi connectivity index (χ1v) is 5.37. The fraction of sp³-hybridized carbons (Fsp3) is 0.286. The average Bonchev–Trinajstić information content (AvgIpc) is 2.26. The minimum absolute atomic E-state index is 0.384. The van der Waals surface area contributed by atoms with Gasteiger partial charge in [-0.3, -0.25) is 4.98 Å². The van der Waals surface area contributed by atoms with E-state index >= 15 is 0 Å². The first-order chi connectivity index (χ1) is 7.63. The average molecular weight is 210 g/mol. The maximum Gasteiger partial charge on any atom is 0.0777 e. The zero-order chi connectivity index (χ0) is 11.7. The fourth-order valence-electron chi connectivity index (χ4n) is 1.88. The molecule has 1 aromatic heterocycles. The lowest BCUT2D eigenvalue weighted by Crippen LogP contribution is -1.96. The monoisotopic (exact) mass is 210 g/mol. The maximum absolute atomic E-state index is 8.75. The van der Waals surface area contributed by atoms with E-state index in [1.807, 2.05) is 6.92 Å². The van der Waals surface area contributed by atoms with Crippen LogP contribution in [-0.2, 0) is 6.42 Å². The minimum atomic E-state index is 0.384. The van der Waals surface area contributed by atoms with Crippen LogP contribution < -0.4 is 0 Å². The third kappa shape index (κ3) is 1.65. The van der Waals surface area contributed by atoms with Crippen molar-refractivity contribution < 1.29 is 0 Å². The molecule has 2 heteroatoms. The number of pyridine rings is 1. The van der Waals surface area contributed by atoms with E-state index in [0.717, 1.165) is 22.2 Å². The van der Waals surface area contributed by atoms with Gasteiger partial charge in [0.05, 0.1) is 23.7 Å². The van der Waals surface area contributed by atoms with Crippen LogP contribution in [0.3, 0.4) is 0 Å². The van der Waals surface area contributed by atoms with Crippen LogP contribution in [0.1, 0.15) is 22.4 Å². The molecule has 0 spiro atoms. The Labute approximate surface area is 95.6 Å². The second kappa shape index (κ2) is 3.94. The molecule has 0 atom stereocenters. The zero-order valence-corrected chi connectivity index (χ0v) is 9.83. The lowest BCUT2D eigenvalue weighted by atomic mass is 10.0. The summed E-state index contributed by atoms with van der Waals surface area (Å²) in [4.78, 5) is 4.60. The van der Waals surface area contributed by atoms with Gasteiger partial charge in [-0.15, -0.1) is 0 Å². The summed E-state index contributed by atoms with van der Waals surface area (Å²) < 4.78 is 0. The molecule has 2 nitrogen and oxygen atoms in total. The summed E-state index contributed by atoms with van der Waals surface area (Å²) in [6.07, 6.45) is 0.384. The van der Waals surface area contributed by atoms with Crippen LogP contribution in [0.15, 0.2) is 18.2 Å². The van der Waals surface area contributed by atoms with Gasteiger partial charge >= 0.3 is 0 Å². The van der Waals surface area contributed by atoms with Crippen molar-refractivity contribution in [1.82, 2.24) is 4.98 Å². The third-order valence-electron chi connectivity index (χ3n) is 3.05. The van der Waals surface area contributed by atoms with E-state index in [2.05, 4.69) is 43.1 Å². The van der Waals surface area contributed by atoms with E-state index < -0.39 is 0 Å². The highest BCUT2D eigenvalue weighted by Gasteiger charge is 2.06. The zero-order valence-electron chi connectivity index (χ0n) is 9.83. The van der Waals surface area contributed by atoms with Gasteiger partial charge in [-0.2, -0.15) is 5.26 Å². The van der Waals surface area contributed by atoms with Gasteiger partial charge in [0, 0.05) is 5.39 Å². The van der Waals surface area contributed by atoms with Crippen LogP contribution in [0.5, 0.6) is 0 Å². The Morgan fingerprint density at radius 1 is 1.19 bits per heavy atom. The molecule has 0 amide bonds. The molecule has 0 saturated carbocycles. The van der Waals surface area contributed by atoms with Crippen molar-refractivity contribution in [2.24, 2.45) is 0 Å². The molecule has 0 aliphatic carbocycles. The van der Waals surface area contributed by atoms with Crippen LogP contribution in [0.4, 0.5) is 0 Å². The van der Waals surface area contributed by atoms with Crippen molar-refractivity contribution >= 4 is 10.9 Å². The van der Waals surface area contributed by atoms with Crippen LogP contribution in [0.2, 0.25) is 0 Å². The predicted octanol–water partition coefficient (Wildman–Crippen LogP) is 3.23. The third-order valence-corrected chi connectivity index (χ3v) is 3.05. The molecule has 0 N–H and O–H groups in total. The molecule has 0 aliphatic rings. The van der Waals surface area contributed by atoms with Gasteiger partial charge in [0.1, 0.15) is 0 Å². The second-order valence-corrected chi connectivity index (χ2v) is 4.17. The summed E-state index contributed by atoms with van der Waals surface area (Å²) >= 11 is 0. The number of hydrogen-bond donors (Lipinski definition) is 0. The van der Waals surface area contributed by atoms with E-state index in [1.54, 1.807) is 0 Å². The number of rotatable bonds is 1. The highest BCUT2D eigenvalue weighted by molar-refractivity contribution is 5.83. The summed E-state index contributed by atoms with van der Waals surface area (Å²) in [5.74, 6) is 0. The van der Waals surface area contributed by atoms with Crippen LogP contribution in [0.25, 0.3) is 10.9 Å². The van der Waals surface area contributed by atoms with Crippen molar-refractivity contribution in [2.45, 2.75) is 27.2 Å². The van der Waals surface area contributed by atoms with E-state index in [1.165, 1.54) is 11.1 Å². The molecule has 1 aromatic carbocycles. The lowest BCUT2D eigenvalue weighted by molar-refractivity contribution is 1.10. The number of fused-ring (bicyclic) bond motifs is 1. The van der Waals surface area contributed by atoms with Crippen LogP contribution in [-0.4, -0.2) is 4.98 Å². The molecule has 0 radical (unpaired) electrons. The molecule has 80 valence electrons. The standard InChI is InChI=1S/C14H14N2/c1-9-4-5-12-8-10(2)13(6-7-15)16-14(12)11(9)3/h4-5,8H,6H2,1-3H3. The number of nitriles is 1. The summed E-state index contributed by atoms with van der Waals surface area (Å²) in [6.45, 7) is 6.17. The van der Waals surface area contributed by atoms with E-state index in [4.69, 9.17) is 5.26 Å². The van der Waals surface area contributed by atoms with E-state index in [9.17, 15) is 0 Å². The van der Waals surface area contributed by atoms with Crippen molar-refractivity contribution in [3.05, 3.63) is 40.6 Å². The highest BCUT2D eigenvalue weighted by atomic mass is 14.7. The fourth-order valence-corrected chi connectivity index (χ4v) is 1.88. The summed E-state index contributed by atoms with van der Waals surface area (Å²) in [7, 11) is 0. The molecule has 2 rings (SSSR count). The van der Waals surface area contributed by atoms with E-state index in [0.29, 0.717) is 6.42 Å². The Morgan fingerprint density at radius 3 is 2.62 bits per heavy atom. The maximum atomic E-state index is 8.75. The molecular weight excluding hydrogens is 196 g/mol. The number of benzene rings is 1. The molecule has 1 heterocycles. The summed E-state index contributed by atoms with van der Waals surface area (Å²) in [5, 5.41) is 9.91. The Morgan fingerprint density at radius 2 is 1.94 bits per heavy atom. The molecule has 16 heavy (non-hydrogen) atoms. The van der Waals surface area contributed by atoms with Gasteiger partial charge in [-0.05, 0) is 43.5 Å². The normalized spacial score (nSPS) is 10.4. The first-order valence-electron chi connectivity index (χ1n) is 5.37. The van der Waals surface area contributed by atoms with Crippen molar-refractivity contribution in [1.29, 1.82) is 5.26 Å². The highest BCUT2D eigenvalue weighted by Crippen LogP contribution is 2.22. The van der Waals surface area contributed by atoms with Crippen LogP contribution in [0, 0.1) is 32.1 Å². The Bertz CT molecular complexity index is 592. The Kier molecular flexibility index (Phi) is 2.62. The summed E-state index contributed by atoms with van der Waals surface area (Å²) in [5.41, 5.74) is 5.46.